The highest BCUT2D eigenvalue weighted by Crippen LogP contribution is 2.24. The molecule has 1 saturated carbocycles. The molecule has 4 nitrogen and oxygen atoms in total. The molecule has 0 aromatic carbocycles. The summed E-state index contributed by atoms with van der Waals surface area (Å²) in [4.78, 5) is 12.7. The third kappa shape index (κ3) is 4.10. The summed E-state index contributed by atoms with van der Waals surface area (Å²) in [6, 6.07) is 0.465. The quantitative estimate of drug-likeness (QED) is 0.753. The summed E-state index contributed by atoms with van der Waals surface area (Å²) in [5.74, 6) is -0.708. The molecular weight excluding hydrogens is 206 g/mol. The van der Waals surface area contributed by atoms with E-state index in [4.69, 9.17) is 9.84 Å². The Labute approximate surface area is 97.6 Å². The van der Waals surface area contributed by atoms with Crippen molar-refractivity contribution in [2.75, 3.05) is 20.7 Å². The van der Waals surface area contributed by atoms with Crippen molar-refractivity contribution in [3.8, 4) is 0 Å². The number of aliphatic carboxylic acids is 1. The van der Waals surface area contributed by atoms with Crippen molar-refractivity contribution in [2.24, 2.45) is 0 Å². The molecule has 0 aliphatic heterocycles. The van der Waals surface area contributed by atoms with Crippen molar-refractivity contribution >= 4 is 5.97 Å². The number of ether oxygens (including phenoxy) is 1. The van der Waals surface area contributed by atoms with Gasteiger partial charge < -0.3 is 14.7 Å². The van der Waals surface area contributed by atoms with Gasteiger partial charge in [-0.25, -0.2) is 0 Å². The first-order valence-electron chi connectivity index (χ1n) is 6.10. The summed E-state index contributed by atoms with van der Waals surface area (Å²) in [5, 5.41) is 8.59. The van der Waals surface area contributed by atoms with Crippen molar-refractivity contribution in [3.05, 3.63) is 0 Å². The van der Waals surface area contributed by atoms with Crippen LogP contribution in [0.25, 0.3) is 0 Å². The van der Waals surface area contributed by atoms with Crippen LogP contribution in [-0.2, 0) is 9.53 Å². The molecule has 1 aliphatic carbocycles. The van der Waals surface area contributed by atoms with Gasteiger partial charge in [0.15, 0.2) is 0 Å². The highest BCUT2D eigenvalue weighted by Gasteiger charge is 2.27. The standard InChI is InChI=1S/C12H23NO3/c1-13(9-5-8-12(14)15)10-6-3-4-7-11(10)16-2/h10-11H,3-9H2,1-2H3,(H,14,15). The SMILES string of the molecule is COC1CCCCC1N(C)CCCC(=O)O. The van der Waals surface area contributed by atoms with Gasteiger partial charge in [-0.3, -0.25) is 4.79 Å². The fourth-order valence-corrected chi connectivity index (χ4v) is 2.50. The van der Waals surface area contributed by atoms with Gasteiger partial charge in [0.25, 0.3) is 0 Å². The molecular formula is C12H23NO3. The van der Waals surface area contributed by atoms with Gasteiger partial charge >= 0.3 is 5.97 Å². The van der Waals surface area contributed by atoms with E-state index in [0.29, 0.717) is 12.1 Å². The second kappa shape index (κ2) is 6.86. The van der Waals surface area contributed by atoms with Crippen molar-refractivity contribution < 1.29 is 14.6 Å². The largest absolute Gasteiger partial charge is 0.481 e. The first-order valence-corrected chi connectivity index (χ1v) is 6.10. The van der Waals surface area contributed by atoms with Gasteiger partial charge in [0.05, 0.1) is 6.10 Å². The fourth-order valence-electron chi connectivity index (χ4n) is 2.50. The van der Waals surface area contributed by atoms with E-state index in [-0.39, 0.29) is 6.42 Å². The van der Waals surface area contributed by atoms with E-state index >= 15 is 0 Å². The van der Waals surface area contributed by atoms with E-state index in [0.717, 1.165) is 19.4 Å². The average molecular weight is 229 g/mol. The molecule has 0 bridgehead atoms. The molecule has 2 atom stereocenters. The van der Waals surface area contributed by atoms with E-state index in [1.54, 1.807) is 7.11 Å². The lowest BCUT2D eigenvalue weighted by Crippen LogP contribution is -2.44. The number of nitrogens with zero attached hydrogens (tertiary/aromatic N) is 1. The van der Waals surface area contributed by atoms with Crippen molar-refractivity contribution in [1.29, 1.82) is 0 Å². The molecule has 0 spiro atoms. The molecule has 1 fully saturated rings. The number of carbonyl (C=O) groups is 1. The summed E-state index contributed by atoms with van der Waals surface area (Å²) in [6.07, 6.45) is 6.11. The topological polar surface area (TPSA) is 49.8 Å². The highest BCUT2D eigenvalue weighted by molar-refractivity contribution is 5.66. The summed E-state index contributed by atoms with van der Waals surface area (Å²) in [5.41, 5.74) is 0. The summed E-state index contributed by atoms with van der Waals surface area (Å²) in [6.45, 7) is 0.844. The van der Waals surface area contributed by atoms with Crippen LogP contribution in [0.5, 0.6) is 0 Å². The average Bonchev–Trinajstić information content (AvgIpc) is 2.28. The van der Waals surface area contributed by atoms with Gasteiger partial charge in [0.2, 0.25) is 0 Å². The normalized spacial score (nSPS) is 25.9. The Hall–Kier alpha value is -0.610. The molecule has 1 rings (SSSR count). The monoisotopic (exact) mass is 229 g/mol. The molecule has 0 aromatic rings. The molecule has 1 N–H and O–H groups in total. The third-order valence-corrected chi connectivity index (χ3v) is 3.44. The molecule has 0 heterocycles. The highest BCUT2D eigenvalue weighted by atomic mass is 16.5. The minimum absolute atomic E-state index is 0.259. The van der Waals surface area contributed by atoms with E-state index in [1.165, 1.54) is 19.3 Å². The Balaban J connectivity index is 2.32. The molecule has 0 saturated heterocycles. The van der Waals surface area contributed by atoms with E-state index in [2.05, 4.69) is 11.9 Å². The molecule has 0 amide bonds. The van der Waals surface area contributed by atoms with Crippen molar-refractivity contribution in [1.82, 2.24) is 4.90 Å². The van der Waals surface area contributed by atoms with Gasteiger partial charge in [-0.2, -0.15) is 0 Å². The van der Waals surface area contributed by atoms with Crippen LogP contribution in [0.3, 0.4) is 0 Å². The zero-order valence-electron chi connectivity index (χ0n) is 10.3. The van der Waals surface area contributed by atoms with Gasteiger partial charge in [-0.15, -0.1) is 0 Å². The van der Waals surface area contributed by atoms with Crippen LogP contribution in [0.2, 0.25) is 0 Å². The van der Waals surface area contributed by atoms with E-state index in [9.17, 15) is 4.79 Å². The zero-order chi connectivity index (χ0) is 12.0. The molecule has 4 heteroatoms. The first kappa shape index (κ1) is 13.5. The molecule has 0 radical (unpaired) electrons. The summed E-state index contributed by atoms with van der Waals surface area (Å²) in [7, 11) is 3.85. The molecule has 0 aromatic heterocycles. The van der Waals surface area contributed by atoms with Gasteiger partial charge in [0, 0.05) is 19.6 Å². The van der Waals surface area contributed by atoms with Crippen LogP contribution >= 0.6 is 0 Å². The lowest BCUT2D eigenvalue weighted by Gasteiger charge is -2.37. The summed E-state index contributed by atoms with van der Waals surface area (Å²) >= 11 is 0. The maximum atomic E-state index is 10.4. The number of hydrogen-bond acceptors (Lipinski definition) is 3. The smallest absolute Gasteiger partial charge is 0.303 e. The predicted octanol–water partition coefficient (Wildman–Crippen LogP) is 1.74. The predicted molar refractivity (Wildman–Crippen MR) is 62.6 cm³/mol. The van der Waals surface area contributed by atoms with Crippen LogP contribution in [0.15, 0.2) is 0 Å². The molecule has 2 unspecified atom stereocenters. The lowest BCUT2D eigenvalue weighted by atomic mass is 9.91. The lowest BCUT2D eigenvalue weighted by molar-refractivity contribution is -0.137. The van der Waals surface area contributed by atoms with Crippen molar-refractivity contribution in [2.45, 2.75) is 50.7 Å². The maximum Gasteiger partial charge on any atom is 0.303 e. The Morgan fingerprint density at radius 1 is 1.44 bits per heavy atom. The number of likely N-dealkylation sites (N-methyl/N-ethyl adjacent to an activating group) is 1. The number of carboxylic acids is 1. The van der Waals surface area contributed by atoms with Gasteiger partial charge in [-0.05, 0) is 32.9 Å². The van der Waals surface area contributed by atoms with E-state index < -0.39 is 5.97 Å². The van der Waals surface area contributed by atoms with Gasteiger partial charge in [0.1, 0.15) is 0 Å². The second-order valence-corrected chi connectivity index (χ2v) is 4.60. The van der Waals surface area contributed by atoms with Crippen molar-refractivity contribution in [3.63, 3.8) is 0 Å². The van der Waals surface area contributed by atoms with Crippen LogP contribution in [0.1, 0.15) is 38.5 Å². The van der Waals surface area contributed by atoms with Crippen LogP contribution in [0.4, 0.5) is 0 Å². The van der Waals surface area contributed by atoms with Crippen LogP contribution in [0, 0.1) is 0 Å². The second-order valence-electron chi connectivity index (χ2n) is 4.60. The Morgan fingerprint density at radius 2 is 2.12 bits per heavy atom. The first-order chi connectivity index (χ1) is 7.65. The molecule has 16 heavy (non-hydrogen) atoms. The summed E-state index contributed by atoms with van der Waals surface area (Å²) < 4.78 is 5.49. The number of carboxylic acid groups (broad SMARTS) is 1. The fraction of sp³-hybridized carbons (Fsp3) is 0.917. The minimum atomic E-state index is -0.708. The van der Waals surface area contributed by atoms with Gasteiger partial charge in [-0.1, -0.05) is 12.8 Å². The number of rotatable bonds is 6. The van der Waals surface area contributed by atoms with Crippen LogP contribution < -0.4 is 0 Å². The Kier molecular flexibility index (Phi) is 5.77. The van der Waals surface area contributed by atoms with Crippen LogP contribution in [-0.4, -0.2) is 48.8 Å². The minimum Gasteiger partial charge on any atom is -0.481 e. The molecule has 1 aliphatic rings. The Bertz CT molecular complexity index is 220. The number of hydrogen-bond donors (Lipinski definition) is 1. The third-order valence-electron chi connectivity index (χ3n) is 3.44. The maximum absolute atomic E-state index is 10.4. The number of methoxy groups -OCH3 is 1. The van der Waals surface area contributed by atoms with E-state index in [1.807, 2.05) is 0 Å². The zero-order valence-corrected chi connectivity index (χ0v) is 10.3. The Morgan fingerprint density at radius 3 is 2.75 bits per heavy atom. The molecule has 94 valence electrons.